The molecule has 2 aliphatic carbocycles. The van der Waals surface area contributed by atoms with E-state index in [1.54, 1.807) is 12.1 Å². The molecule has 5 heterocycles. The number of imidazole rings is 2. The highest BCUT2D eigenvalue weighted by Crippen LogP contribution is 2.55. The lowest BCUT2D eigenvalue weighted by Gasteiger charge is -2.35. The van der Waals surface area contributed by atoms with E-state index in [4.69, 9.17) is 19.4 Å². The van der Waals surface area contributed by atoms with Crippen molar-refractivity contribution in [2.24, 2.45) is 11.8 Å². The summed E-state index contributed by atoms with van der Waals surface area (Å²) in [6, 6.07) is 37.9. The van der Waals surface area contributed by atoms with Crippen LogP contribution in [0, 0.1) is 11.8 Å². The third-order valence-electron chi connectivity index (χ3n) is 13.7. The standard InChI is InChI=1S/C49H44N8O6/c58-46(42(54-48(60)61)28-7-3-1-4-8-28)56-38-21-32(38)23-40(56)44-50-34-17-15-30(19-36(34)52-44)26-11-13-27(14-12-26)31-16-18-35-37(20-31)53-45(51-35)41-24-33-22-39(33)57(41)47(59)43(55-49-62-25-63-49)29-9-5-2-6-10-29/h1-20,32-33,38-43,49,54-55H,21-25H2,(H,50,52)(H,51,53)(H,60,61)/t32-,33?,38?,39?,40+,41+,42-,43-/m1/s1. The molecule has 2 aromatic heterocycles. The van der Waals surface area contributed by atoms with E-state index in [0.717, 1.165) is 81.4 Å². The molecule has 3 amide bonds. The van der Waals surface area contributed by atoms with Crippen LogP contribution in [0.15, 0.2) is 121 Å². The van der Waals surface area contributed by atoms with Crippen LogP contribution in [0.1, 0.15) is 72.6 Å². The van der Waals surface area contributed by atoms with Gasteiger partial charge >= 0.3 is 6.09 Å². The first-order valence-corrected chi connectivity index (χ1v) is 21.7. The van der Waals surface area contributed by atoms with Gasteiger partial charge in [0.1, 0.15) is 23.7 Å². The quantitative estimate of drug-likeness (QED) is 0.0873. The number of nitrogens with one attached hydrogen (secondary N) is 4. The summed E-state index contributed by atoms with van der Waals surface area (Å²) in [7, 11) is 0. The number of fused-ring (bicyclic) bond motifs is 4. The molecule has 8 atom stereocenters. The van der Waals surface area contributed by atoms with E-state index in [9.17, 15) is 19.5 Å². The van der Waals surface area contributed by atoms with Crippen LogP contribution in [0.5, 0.6) is 0 Å². The van der Waals surface area contributed by atoms with Gasteiger partial charge in [0.05, 0.1) is 34.2 Å². The number of hydrogen-bond donors (Lipinski definition) is 5. The molecule has 0 radical (unpaired) electrons. The lowest BCUT2D eigenvalue weighted by molar-refractivity contribution is -0.335. The van der Waals surface area contributed by atoms with Crippen molar-refractivity contribution in [3.63, 3.8) is 0 Å². The van der Waals surface area contributed by atoms with E-state index < -0.39 is 24.6 Å². The number of ether oxygens (including phenoxy) is 2. The fourth-order valence-electron chi connectivity index (χ4n) is 10.3. The van der Waals surface area contributed by atoms with Crippen LogP contribution in [0.3, 0.4) is 0 Å². The number of carbonyl (C=O) groups excluding carboxylic acids is 2. The number of aromatic nitrogens is 4. The van der Waals surface area contributed by atoms with Crippen LogP contribution in [0.25, 0.3) is 44.3 Å². The van der Waals surface area contributed by atoms with Gasteiger partial charge in [-0.15, -0.1) is 0 Å². The lowest BCUT2D eigenvalue weighted by Crippen LogP contribution is -2.50. The average Bonchev–Trinajstić information content (AvgIpc) is 3.95. The minimum absolute atomic E-state index is 0.00290. The molecule has 3 aliphatic heterocycles. The van der Waals surface area contributed by atoms with E-state index in [1.165, 1.54) is 0 Å². The summed E-state index contributed by atoms with van der Waals surface area (Å²) in [6.45, 7) is 0.210. The predicted octanol–water partition coefficient (Wildman–Crippen LogP) is 7.72. The number of nitrogens with zero attached hydrogens (tertiary/aromatic N) is 4. The Balaban J connectivity index is 0.768. The molecule has 12 rings (SSSR count). The van der Waals surface area contributed by atoms with Crippen LogP contribution < -0.4 is 10.6 Å². The molecule has 0 bridgehead atoms. The number of likely N-dealkylation sites (tertiary alicyclic amines) is 2. The van der Waals surface area contributed by atoms with Crippen LogP contribution in [-0.4, -0.2) is 78.0 Å². The molecular weight excluding hydrogens is 797 g/mol. The predicted molar refractivity (Wildman–Crippen MR) is 232 cm³/mol. The van der Waals surface area contributed by atoms with Crippen molar-refractivity contribution < 1.29 is 29.0 Å². The maximum atomic E-state index is 14.4. The van der Waals surface area contributed by atoms with Gasteiger partial charge in [-0.05, 0) is 95.2 Å². The molecule has 5 aliphatic rings. The number of H-pyrrole nitrogens is 2. The lowest BCUT2D eigenvalue weighted by atomic mass is 10.00. The molecule has 5 fully saturated rings. The number of amides is 3. The molecule has 316 valence electrons. The number of carbonyl (C=O) groups is 3. The monoisotopic (exact) mass is 840 g/mol. The Kier molecular flexibility index (Phi) is 8.95. The topological polar surface area (TPSA) is 178 Å². The molecule has 0 spiro atoms. The zero-order valence-electron chi connectivity index (χ0n) is 34.1. The van der Waals surface area contributed by atoms with Gasteiger partial charge in [0.2, 0.25) is 12.3 Å². The van der Waals surface area contributed by atoms with Gasteiger partial charge < -0.3 is 39.7 Å². The normalized spacial score (nSPS) is 24.4. The molecule has 2 saturated carbocycles. The van der Waals surface area contributed by atoms with E-state index in [0.29, 0.717) is 23.2 Å². The Labute approximate surface area is 361 Å². The second-order valence-corrected chi connectivity index (χ2v) is 17.5. The van der Waals surface area contributed by atoms with Crippen molar-refractivity contribution in [2.75, 3.05) is 6.79 Å². The molecular formula is C49H44N8O6. The van der Waals surface area contributed by atoms with E-state index >= 15 is 0 Å². The highest BCUT2D eigenvalue weighted by molar-refractivity contribution is 5.89. The van der Waals surface area contributed by atoms with Crippen molar-refractivity contribution in [1.82, 2.24) is 40.4 Å². The maximum absolute atomic E-state index is 14.4. The Bertz CT molecular complexity index is 2900. The molecule has 14 heteroatoms. The van der Waals surface area contributed by atoms with E-state index in [1.807, 2.05) is 70.5 Å². The smallest absolute Gasteiger partial charge is 0.405 e. The Morgan fingerprint density at radius 3 is 1.52 bits per heavy atom. The Morgan fingerprint density at radius 1 is 0.603 bits per heavy atom. The van der Waals surface area contributed by atoms with E-state index in [2.05, 4.69) is 69.1 Å². The van der Waals surface area contributed by atoms with Gasteiger partial charge in [0.15, 0.2) is 6.79 Å². The van der Waals surface area contributed by atoms with Gasteiger partial charge in [-0.2, -0.15) is 0 Å². The van der Waals surface area contributed by atoms with Crippen LogP contribution in [0.4, 0.5) is 4.79 Å². The molecule has 7 aromatic rings. The second-order valence-electron chi connectivity index (χ2n) is 17.5. The van der Waals surface area contributed by atoms with Crippen LogP contribution in [0.2, 0.25) is 0 Å². The number of piperidine rings is 2. The third kappa shape index (κ3) is 6.81. The third-order valence-corrected chi connectivity index (χ3v) is 13.7. The number of hydrogen-bond acceptors (Lipinski definition) is 8. The van der Waals surface area contributed by atoms with Crippen LogP contribution >= 0.6 is 0 Å². The van der Waals surface area contributed by atoms with Crippen molar-refractivity contribution in [2.45, 2.75) is 68.3 Å². The Morgan fingerprint density at radius 2 is 1.06 bits per heavy atom. The molecule has 63 heavy (non-hydrogen) atoms. The van der Waals surface area contributed by atoms with E-state index in [-0.39, 0.29) is 42.8 Å². The zero-order valence-corrected chi connectivity index (χ0v) is 34.1. The summed E-state index contributed by atoms with van der Waals surface area (Å²) < 4.78 is 11.0. The SMILES string of the molecule is O=C(O)N[C@@H](C(=O)N1C2C[C@@H]2C[C@H]1c1nc2ccc(-c3ccc(-c4ccc5nc([C@@H]6CC7CC7N6C(=O)[C@H](NC6OCO6)c6ccccc6)[nH]c5c4)cc3)cc2[nH]1)c1ccccc1. The highest BCUT2D eigenvalue weighted by atomic mass is 16.9. The van der Waals surface area contributed by atoms with Gasteiger partial charge in [0.25, 0.3) is 5.91 Å². The summed E-state index contributed by atoms with van der Waals surface area (Å²) in [4.78, 5) is 61.2. The summed E-state index contributed by atoms with van der Waals surface area (Å²) in [5.74, 6) is 2.09. The van der Waals surface area contributed by atoms with Crippen molar-refractivity contribution in [1.29, 1.82) is 0 Å². The number of benzene rings is 5. The Hall–Kier alpha value is -6.87. The van der Waals surface area contributed by atoms with Crippen molar-refractivity contribution in [3.8, 4) is 22.3 Å². The molecule has 5 aromatic carbocycles. The first-order chi connectivity index (χ1) is 30.8. The summed E-state index contributed by atoms with van der Waals surface area (Å²) in [5, 5.41) is 15.4. The van der Waals surface area contributed by atoms with Crippen molar-refractivity contribution >= 4 is 40.0 Å². The maximum Gasteiger partial charge on any atom is 0.405 e. The summed E-state index contributed by atoms with van der Waals surface area (Å²) in [5.41, 5.74) is 9.12. The van der Waals surface area contributed by atoms with Gasteiger partial charge in [-0.25, -0.2) is 14.8 Å². The molecule has 14 nitrogen and oxygen atoms in total. The minimum atomic E-state index is -1.24. The number of carboxylic acid groups (broad SMARTS) is 1. The van der Waals surface area contributed by atoms with Crippen molar-refractivity contribution in [3.05, 3.63) is 144 Å². The van der Waals surface area contributed by atoms with Crippen LogP contribution in [-0.2, 0) is 19.1 Å². The summed E-state index contributed by atoms with van der Waals surface area (Å²) >= 11 is 0. The first kappa shape index (κ1) is 37.9. The number of rotatable bonds is 11. The number of aromatic amines is 2. The molecule has 3 unspecified atom stereocenters. The van der Waals surface area contributed by atoms with Gasteiger partial charge in [0, 0.05) is 12.1 Å². The average molecular weight is 841 g/mol. The zero-order chi connectivity index (χ0) is 42.3. The fourth-order valence-corrected chi connectivity index (χ4v) is 10.3. The minimum Gasteiger partial charge on any atom is -0.465 e. The second kappa shape index (κ2) is 14.9. The highest BCUT2D eigenvalue weighted by Gasteiger charge is 2.57. The largest absolute Gasteiger partial charge is 0.465 e. The fraction of sp³-hybridized carbons (Fsp3) is 0.286. The molecule has 5 N–H and O–H groups in total. The molecule has 3 saturated heterocycles. The van der Waals surface area contributed by atoms with Gasteiger partial charge in [-0.3, -0.25) is 14.9 Å². The summed E-state index contributed by atoms with van der Waals surface area (Å²) in [6.07, 6.45) is 1.71. The van der Waals surface area contributed by atoms with Gasteiger partial charge in [-0.1, -0.05) is 97.1 Å². The first-order valence-electron chi connectivity index (χ1n) is 21.7.